The number of esters is 1. The molecule has 0 radical (unpaired) electrons. The normalized spacial score (nSPS) is 12.9. The molecule has 7 nitrogen and oxygen atoms in total. The van der Waals surface area contributed by atoms with E-state index in [4.69, 9.17) is 4.98 Å². The van der Waals surface area contributed by atoms with Crippen LogP contribution in [0.1, 0.15) is 34.5 Å². The second-order valence-electron chi connectivity index (χ2n) is 7.55. The van der Waals surface area contributed by atoms with Gasteiger partial charge in [-0.3, -0.25) is 19.3 Å². The van der Waals surface area contributed by atoms with Crippen molar-refractivity contribution in [3.63, 3.8) is 0 Å². The monoisotopic (exact) mass is 404 g/mol. The Hall–Kier alpha value is -3.48. The van der Waals surface area contributed by atoms with Gasteiger partial charge in [0, 0.05) is 60.7 Å². The second-order valence-corrected chi connectivity index (χ2v) is 7.55. The number of benzene rings is 1. The highest BCUT2D eigenvalue weighted by Gasteiger charge is 2.25. The van der Waals surface area contributed by atoms with Crippen molar-refractivity contribution < 1.29 is 14.3 Å². The molecule has 0 N–H and O–H groups in total. The summed E-state index contributed by atoms with van der Waals surface area (Å²) in [5.74, 6) is -0.177. The van der Waals surface area contributed by atoms with Gasteiger partial charge < -0.3 is 9.64 Å². The van der Waals surface area contributed by atoms with E-state index in [0.29, 0.717) is 25.9 Å². The van der Waals surface area contributed by atoms with Gasteiger partial charge in [0.1, 0.15) is 0 Å². The van der Waals surface area contributed by atoms with Crippen LogP contribution in [0.2, 0.25) is 0 Å². The summed E-state index contributed by atoms with van der Waals surface area (Å²) in [5.41, 5.74) is 6.33. The Labute approximate surface area is 175 Å². The van der Waals surface area contributed by atoms with Crippen molar-refractivity contribution in [3.05, 3.63) is 59.5 Å². The minimum atomic E-state index is -0.218. The van der Waals surface area contributed by atoms with Crippen molar-refractivity contribution >= 4 is 11.9 Å². The van der Waals surface area contributed by atoms with Crippen LogP contribution >= 0.6 is 0 Å². The molecular weight excluding hydrogens is 380 g/mol. The van der Waals surface area contributed by atoms with Crippen LogP contribution in [-0.2, 0) is 22.6 Å². The Kier molecular flexibility index (Phi) is 5.35. The maximum absolute atomic E-state index is 12.4. The van der Waals surface area contributed by atoms with Gasteiger partial charge in [0.25, 0.3) is 5.91 Å². The molecule has 0 fully saturated rings. The van der Waals surface area contributed by atoms with Crippen LogP contribution in [0, 0.1) is 6.92 Å². The highest BCUT2D eigenvalue weighted by atomic mass is 16.5. The summed E-state index contributed by atoms with van der Waals surface area (Å²) in [6.45, 7) is 3.22. The Morgan fingerprint density at radius 3 is 2.80 bits per heavy atom. The quantitative estimate of drug-likeness (QED) is 0.588. The van der Waals surface area contributed by atoms with E-state index in [1.807, 2.05) is 55.2 Å². The standard InChI is InChI=1S/C23H24N4O3/c1-15-6-9-19(18-12-24-27(14-18)10-4-5-21(28)30-3)22(25-15)16-7-8-17-13-26(2)23(29)20(17)11-16/h6-9,11-12,14H,4-5,10,13H2,1-3H3. The maximum atomic E-state index is 12.4. The van der Waals surface area contributed by atoms with Gasteiger partial charge in [-0.05, 0) is 31.0 Å². The molecule has 0 aliphatic carbocycles. The fourth-order valence-electron chi connectivity index (χ4n) is 3.72. The second kappa shape index (κ2) is 8.10. The lowest BCUT2D eigenvalue weighted by Gasteiger charge is -2.10. The number of methoxy groups -OCH3 is 1. The Morgan fingerprint density at radius 1 is 1.17 bits per heavy atom. The van der Waals surface area contributed by atoms with Crippen molar-refractivity contribution in [2.24, 2.45) is 0 Å². The molecular formula is C23H24N4O3. The molecule has 1 aromatic carbocycles. The molecule has 1 amide bonds. The summed E-state index contributed by atoms with van der Waals surface area (Å²) in [4.78, 5) is 30.2. The molecule has 0 atom stereocenters. The average Bonchev–Trinajstić information content (AvgIpc) is 3.32. The van der Waals surface area contributed by atoms with Crippen molar-refractivity contribution in [2.45, 2.75) is 32.9 Å². The topological polar surface area (TPSA) is 77.3 Å². The molecule has 0 saturated heterocycles. The van der Waals surface area contributed by atoms with Crippen LogP contribution in [0.5, 0.6) is 0 Å². The molecule has 4 rings (SSSR count). The van der Waals surface area contributed by atoms with E-state index in [1.54, 1.807) is 11.1 Å². The minimum absolute atomic E-state index is 0.0412. The summed E-state index contributed by atoms with van der Waals surface area (Å²) >= 11 is 0. The third-order valence-corrected chi connectivity index (χ3v) is 5.34. The molecule has 0 spiro atoms. The molecule has 1 aliphatic rings. The number of hydrogen-bond donors (Lipinski definition) is 0. The number of ether oxygens (including phenoxy) is 1. The van der Waals surface area contributed by atoms with Gasteiger partial charge in [0.15, 0.2) is 0 Å². The zero-order valence-electron chi connectivity index (χ0n) is 17.4. The molecule has 3 heterocycles. The Morgan fingerprint density at radius 2 is 2.00 bits per heavy atom. The summed E-state index contributed by atoms with van der Waals surface area (Å²) in [6, 6.07) is 9.98. The zero-order chi connectivity index (χ0) is 21.3. The number of hydrogen-bond acceptors (Lipinski definition) is 5. The molecule has 1 aliphatic heterocycles. The van der Waals surface area contributed by atoms with Crippen molar-refractivity contribution in [1.29, 1.82) is 0 Å². The molecule has 7 heteroatoms. The minimum Gasteiger partial charge on any atom is -0.469 e. The lowest BCUT2D eigenvalue weighted by molar-refractivity contribution is -0.140. The van der Waals surface area contributed by atoms with E-state index in [1.165, 1.54) is 7.11 Å². The third-order valence-electron chi connectivity index (χ3n) is 5.34. The first-order valence-electron chi connectivity index (χ1n) is 9.92. The number of aromatic nitrogens is 3. The number of rotatable bonds is 6. The lowest BCUT2D eigenvalue weighted by Crippen LogP contribution is -2.17. The van der Waals surface area contributed by atoms with Crippen LogP contribution in [0.15, 0.2) is 42.7 Å². The van der Waals surface area contributed by atoms with E-state index < -0.39 is 0 Å². The van der Waals surface area contributed by atoms with Crippen molar-refractivity contribution in [1.82, 2.24) is 19.7 Å². The van der Waals surface area contributed by atoms with Gasteiger partial charge in [-0.15, -0.1) is 0 Å². The van der Waals surface area contributed by atoms with Crippen LogP contribution in [0.3, 0.4) is 0 Å². The first kappa shape index (κ1) is 19.8. The maximum Gasteiger partial charge on any atom is 0.305 e. The smallest absolute Gasteiger partial charge is 0.305 e. The molecule has 0 bridgehead atoms. The Balaban J connectivity index is 1.64. The molecule has 30 heavy (non-hydrogen) atoms. The molecule has 0 unspecified atom stereocenters. The van der Waals surface area contributed by atoms with Gasteiger partial charge in [-0.2, -0.15) is 5.10 Å². The van der Waals surface area contributed by atoms with Crippen LogP contribution in [-0.4, -0.2) is 45.7 Å². The molecule has 3 aromatic rings. The van der Waals surface area contributed by atoms with E-state index in [2.05, 4.69) is 9.84 Å². The predicted molar refractivity (Wildman–Crippen MR) is 113 cm³/mol. The van der Waals surface area contributed by atoms with Crippen LogP contribution in [0.25, 0.3) is 22.4 Å². The molecule has 154 valence electrons. The van der Waals surface area contributed by atoms with Gasteiger partial charge in [-0.25, -0.2) is 0 Å². The van der Waals surface area contributed by atoms with E-state index in [0.717, 1.165) is 39.2 Å². The summed E-state index contributed by atoms with van der Waals surface area (Å²) < 4.78 is 6.50. The molecule has 0 saturated carbocycles. The Bertz CT molecular complexity index is 1120. The summed E-state index contributed by atoms with van der Waals surface area (Å²) in [5, 5.41) is 4.43. The SMILES string of the molecule is COC(=O)CCCn1cc(-c2ccc(C)nc2-c2ccc3c(c2)C(=O)N(C)C3)cn1. The van der Waals surface area contributed by atoms with Gasteiger partial charge >= 0.3 is 5.97 Å². The molecule has 2 aromatic heterocycles. The van der Waals surface area contributed by atoms with E-state index in [9.17, 15) is 9.59 Å². The number of carbonyl (C=O) groups is 2. The number of amides is 1. The largest absolute Gasteiger partial charge is 0.469 e. The third kappa shape index (κ3) is 3.83. The number of aryl methyl sites for hydroxylation is 2. The summed E-state index contributed by atoms with van der Waals surface area (Å²) in [6.07, 6.45) is 4.79. The lowest BCUT2D eigenvalue weighted by atomic mass is 9.98. The van der Waals surface area contributed by atoms with Crippen LogP contribution < -0.4 is 0 Å². The number of carbonyl (C=O) groups excluding carboxylic acids is 2. The predicted octanol–water partition coefficient (Wildman–Crippen LogP) is 3.46. The first-order valence-corrected chi connectivity index (χ1v) is 9.92. The number of nitrogens with zero attached hydrogens (tertiary/aromatic N) is 4. The van der Waals surface area contributed by atoms with Crippen molar-refractivity contribution in [3.8, 4) is 22.4 Å². The number of fused-ring (bicyclic) bond motifs is 1. The van der Waals surface area contributed by atoms with Gasteiger partial charge in [-0.1, -0.05) is 18.2 Å². The zero-order valence-corrected chi connectivity index (χ0v) is 17.4. The van der Waals surface area contributed by atoms with Gasteiger partial charge in [0.05, 0.1) is 19.0 Å². The highest BCUT2D eigenvalue weighted by molar-refractivity contribution is 5.99. The van der Waals surface area contributed by atoms with E-state index >= 15 is 0 Å². The summed E-state index contributed by atoms with van der Waals surface area (Å²) in [7, 11) is 3.21. The van der Waals surface area contributed by atoms with E-state index in [-0.39, 0.29) is 11.9 Å². The van der Waals surface area contributed by atoms with Crippen molar-refractivity contribution in [2.75, 3.05) is 14.2 Å². The first-order chi connectivity index (χ1) is 14.5. The average molecular weight is 404 g/mol. The highest BCUT2D eigenvalue weighted by Crippen LogP contribution is 2.33. The fourth-order valence-corrected chi connectivity index (χ4v) is 3.72. The van der Waals surface area contributed by atoms with Gasteiger partial charge in [0.2, 0.25) is 0 Å². The fraction of sp³-hybridized carbons (Fsp3) is 0.304. The number of pyridine rings is 1. The van der Waals surface area contributed by atoms with Crippen LogP contribution in [0.4, 0.5) is 0 Å².